The summed E-state index contributed by atoms with van der Waals surface area (Å²) in [6.45, 7) is 8.06. The smallest absolute Gasteiger partial charge is 0.0415 e. The zero-order valence-electron chi connectivity index (χ0n) is 11.9. The number of rotatable bonds is 4. The van der Waals surface area contributed by atoms with Crippen LogP contribution in [0.2, 0.25) is 0 Å². The molecule has 1 aromatic carbocycles. The highest BCUT2D eigenvalue weighted by atomic mass is 15.3. The Hall–Kier alpha value is -1.06. The third kappa shape index (κ3) is 3.10. The molecule has 19 heavy (non-hydrogen) atoms. The van der Waals surface area contributed by atoms with E-state index in [0.717, 1.165) is 19.0 Å². The first kappa shape index (κ1) is 12.9. The van der Waals surface area contributed by atoms with Crippen LogP contribution in [0, 0.1) is 5.92 Å². The molecule has 0 aromatic heterocycles. The van der Waals surface area contributed by atoms with Gasteiger partial charge in [0, 0.05) is 44.5 Å². The van der Waals surface area contributed by atoms with E-state index in [1.54, 1.807) is 0 Å². The summed E-state index contributed by atoms with van der Waals surface area (Å²) in [5.74, 6) is 1.00. The minimum Gasteiger partial charge on any atom is -0.369 e. The van der Waals surface area contributed by atoms with Gasteiger partial charge >= 0.3 is 0 Å². The van der Waals surface area contributed by atoms with Gasteiger partial charge in [0.05, 0.1) is 0 Å². The number of piperazine rings is 1. The second-order valence-electron chi connectivity index (χ2n) is 6.08. The lowest BCUT2D eigenvalue weighted by molar-refractivity contribution is 0.248. The molecule has 1 aliphatic heterocycles. The quantitative estimate of drug-likeness (QED) is 0.900. The van der Waals surface area contributed by atoms with E-state index >= 15 is 0 Å². The van der Waals surface area contributed by atoms with Gasteiger partial charge in [-0.3, -0.25) is 4.90 Å². The van der Waals surface area contributed by atoms with E-state index in [0.29, 0.717) is 0 Å². The topological polar surface area (TPSA) is 32.5 Å². The molecule has 3 nitrogen and oxygen atoms in total. The van der Waals surface area contributed by atoms with Crippen LogP contribution in [-0.4, -0.2) is 37.6 Å². The molecule has 0 unspecified atom stereocenters. The van der Waals surface area contributed by atoms with Crippen molar-refractivity contribution in [3.63, 3.8) is 0 Å². The van der Waals surface area contributed by atoms with Crippen LogP contribution in [0.3, 0.4) is 0 Å². The van der Waals surface area contributed by atoms with Gasteiger partial charge in [0.2, 0.25) is 0 Å². The predicted molar refractivity (Wildman–Crippen MR) is 80.4 cm³/mol. The summed E-state index contributed by atoms with van der Waals surface area (Å²) in [5.41, 5.74) is 8.70. The fourth-order valence-corrected chi connectivity index (χ4v) is 3.00. The molecule has 2 N–H and O–H groups in total. The van der Waals surface area contributed by atoms with Crippen molar-refractivity contribution in [1.29, 1.82) is 0 Å². The van der Waals surface area contributed by atoms with Crippen LogP contribution in [-0.2, 0) is 0 Å². The normalized spacial score (nSPS) is 22.5. The lowest BCUT2D eigenvalue weighted by Crippen LogP contribution is -2.47. The monoisotopic (exact) mass is 259 g/mol. The molecule has 0 radical (unpaired) electrons. The summed E-state index contributed by atoms with van der Waals surface area (Å²) >= 11 is 0. The molecule has 2 fully saturated rings. The molecular weight excluding hydrogens is 234 g/mol. The van der Waals surface area contributed by atoms with Gasteiger partial charge in [-0.2, -0.15) is 0 Å². The number of hydrogen-bond donors (Lipinski definition) is 1. The molecule has 3 heteroatoms. The summed E-state index contributed by atoms with van der Waals surface area (Å²) in [4.78, 5) is 5.13. The summed E-state index contributed by atoms with van der Waals surface area (Å²) in [5, 5.41) is 0. The number of nitrogens with zero attached hydrogens (tertiary/aromatic N) is 2. The van der Waals surface area contributed by atoms with E-state index in [2.05, 4.69) is 41.0 Å². The third-order valence-electron chi connectivity index (χ3n) is 4.35. The van der Waals surface area contributed by atoms with Crippen LogP contribution in [0.15, 0.2) is 24.3 Å². The molecule has 0 bridgehead atoms. The summed E-state index contributed by atoms with van der Waals surface area (Å²) in [6.07, 6.45) is 2.90. The van der Waals surface area contributed by atoms with Crippen molar-refractivity contribution >= 4 is 5.69 Å². The summed E-state index contributed by atoms with van der Waals surface area (Å²) < 4.78 is 0. The lowest BCUT2D eigenvalue weighted by atomic mass is 10.1. The first-order valence-electron chi connectivity index (χ1n) is 7.56. The van der Waals surface area contributed by atoms with Gasteiger partial charge in [0.15, 0.2) is 0 Å². The second kappa shape index (κ2) is 5.51. The van der Waals surface area contributed by atoms with Gasteiger partial charge in [-0.1, -0.05) is 18.2 Å². The zero-order chi connectivity index (χ0) is 13.2. The van der Waals surface area contributed by atoms with Crippen molar-refractivity contribution in [2.45, 2.75) is 25.8 Å². The van der Waals surface area contributed by atoms with Crippen molar-refractivity contribution in [3.8, 4) is 0 Å². The Morgan fingerprint density at radius 3 is 2.47 bits per heavy atom. The maximum Gasteiger partial charge on any atom is 0.0415 e. The number of benzene rings is 1. The van der Waals surface area contributed by atoms with Crippen LogP contribution in [0.4, 0.5) is 5.69 Å². The van der Waals surface area contributed by atoms with E-state index in [1.165, 1.54) is 43.7 Å². The fraction of sp³-hybridized carbons (Fsp3) is 0.625. The van der Waals surface area contributed by atoms with E-state index in [1.807, 2.05) is 0 Å². The number of hydrogen-bond acceptors (Lipinski definition) is 3. The minimum absolute atomic E-state index is 0.112. The molecule has 2 aliphatic rings. The number of nitrogens with two attached hydrogens (primary N) is 1. The minimum atomic E-state index is 0.112. The number of para-hydroxylation sites is 1. The molecule has 1 atom stereocenters. The Morgan fingerprint density at radius 1 is 1.16 bits per heavy atom. The fourth-order valence-electron chi connectivity index (χ4n) is 3.00. The van der Waals surface area contributed by atoms with Crippen molar-refractivity contribution in [2.24, 2.45) is 11.7 Å². The molecule has 0 amide bonds. The van der Waals surface area contributed by atoms with Crippen molar-refractivity contribution < 1.29 is 0 Å². The van der Waals surface area contributed by atoms with Crippen molar-refractivity contribution in [1.82, 2.24) is 4.90 Å². The van der Waals surface area contributed by atoms with Crippen LogP contribution >= 0.6 is 0 Å². The Bertz CT molecular complexity index is 418. The van der Waals surface area contributed by atoms with Crippen LogP contribution in [0.5, 0.6) is 0 Å². The molecule has 1 saturated heterocycles. The Labute approximate surface area is 116 Å². The SMILES string of the molecule is C[C@@H](N)c1ccccc1N1CCN(CC2CC2)CC1. The van der Waals surface area contributed by atoms with E-state index in [9.17, 15) is 0 Å². The number of anilines is 1. The largest absolute Gasteiger partial charge is 0.369 e. The van der Waals surface area contributed by atoms with Gasteiger partial charge in [-0.25, -0.2) is 0 Å². The molecule has 1 saturated carbocycles. The Morgan fingerprint density at radius 2 is 1.84 bits per heavy atom. The van der Waals surface area contributed by atoms with E-state index < -0.39 is 0 Å². The highest BCUT2D eigenvalue weighted by molar-refractivity contribution is 5.55. The van der Waals surface area contributed by atoms with Crippen molar-refractivity contribution in [3.05, 3.63) is 29.8 Å². The average molecular weight is 259 g/mol. The first-order chi connectivity index (χ1) is 9.24. The van der Waals surface area contributed by atoms with E-state index in [-0.39, 0.29) is 6.04 Å². The first-order valence-corrected chi connectivity index (χ1v) is 7.56. The van der Waals surface area contributed by atoms with Gasteiger partial charge < -0.3 is 10.6 Å². The van der Waals surface area contributed by atoms with Gasteiger partial charge in [0.25, 0.3) is 0 Å². The highest BCUT2D eigenvalue weighted by Gasteiger charge is 2.26. The Kier molecular flexibility index (Phi) is 3.76. The molecule has 3 rings (SSSR count). The van der Waals surface area contributed by atoms with Gasteiger partial charge in [-0.15, -0.1) is 0 Å². The average Bonchev–Trinajstić information content (AvgIpc) is 3.23. The lowest BCUT2D eigenvalue weighted by Gasteiger charge is -2.37. The predicted octanol–water partition coefficient (Wildman–Crippen LogP) is 2.24. The third-order valence-corrected chi connectivity index (χ3v) is 4.35. The standard InChI is InChI=1S/C16H25N3/c1-13(17)15-4-2-3-5-16(15)19-10-8-18(9-11-19)12-14-6-7-14/h2-5,13-14H,6-12,17H2,1H3/t13-/m1/s1. The van der Waals surface area contributed by atoms with E-state index in [4.69, 9.17) is 5.73 Å². The molecule has 1 aliphatic carbocycles. The van der Waals surface area contributed by atoms with Crippen molar-refractivity contribution in [2.75, 3.05) is 37.6 Å². The van der Waals surface area contributed by atoms with Crippen LogP contribution < -0.4 is 10.6 Å². The highest BCUT2D eigenvalue weighted by Crippen LogP contribution is 2.31. The second-order valence-corrected chi connectivity index (χ2v) is 6.08. The molecule has 1 aromatic rings. The maximum atomic E-state index is 6.09. The molecule has 104 valence electrons. The van der Waals surface area contributed by atoms with Gasteiger partial charge in [-0.05, 0) is 37.3 Å². The molecular formula is C16H25N3. The van der Waals surface area contributed by atoms with Crippen LogP contribution in [0.25, 0.3) is 0 Å². The van der Waals surface area contributed by atoms with Crippen LogP contribution in [0.1, 0.15) is 31.4 Å². The summed E-state index contributed by atoms with van der Waals surface area (Å²) in [6, 6.07) is 8.70. The zero-order valence-corrected chi connectivity index (χ0v) is 11.9. The Balaban J connectivity index is 1.64. The molecule has 1 heterocycles. The van der Waals surface area contributed by atoms with Gasteiger partial charge in [0.1, 0.15) is 0 Å². The molecule has 0 spiro atoms. The maximum absolute atomic E-state index is 6.09. The summed E-state index contributed by atoms with van der Waals surface area (Å²) in [7, 11) is 0.